The summed E-state index contributed by atoms with van der Waals surface area (Å²) in [5, 5.41) is 21.5. The van der Waals surface area contributed by atoms with E-state index in [0.29, 0.717) is 13.0 Å². The van der Waals surface area contributed by atoms with Gasteiger partial charge in [0.2, 0.25) is 0 Å². The molecule has 4 rings (SSSR count). The third-order valence-corrected chi connectivity index (χ3v) is 6.41. The number of nitrogens with zero attached hydrogens (tertiary/aromatic N) is 1. The Hall–Kier alpha value is -2.76. The van der Waals surface area contributed by atoms with Gasteiger partial charge in [0.05, 0.1) is 6.10 Å². The van der Waals surface area contributed by atoms with Gasteiger partial charge in [-0.1, -0.05) is 31.2 Å². The number of aromatic hydroxyl groups is 1. The molecule has 0 aromatic heterocycles. The molecule has 1 saturated heterocycles. The van der Waals surface area contributed by atoms with Crippen LogP contribution in [0.1, 0.15) is 37.8 Å². The molecule has 1 aliphatic heterocycles. The quantitative estimate of drug-likeness (QED) is 0.481. The summed E-state index contributed by atoms with van der Waals surface area (Å²) in [5.41, 5.74) is 2.19. The van der Waals surface area contributed by atoms with Crippen molar-refractivity contribution in [2.24, 2.45) is 5.92 Å². The van der Waals surface area contributed by atoms with Crippen LogP contribution in [0, 0.1) is 5.92 Å². The maximum atomic E-state index is 9.87. The zero-order valence-electron chi connectivity index (χ0n) is 19.7. The number of aliphatic hydroxyl groups is 1. The smallest absolute Gasteiger partial charge is 0.123 e. The van der Waals surface area contributed by atoms with Crippen molar-refractivity contribution in [3.63, 3.8) is 0 Å². The molecule has 0 spiro atoms. The Morgan fingerprint density at radius 2 is 1.76 bits per heavy atom. The summed E-state index contributed by atoms with van der Waals surface area (Å²) in [4.78, 5) is 2.49. The van der Waals surface area contributed by atoms with Crippen LogP contribution >= 0.6 is 0 Å². The summed E-state index contributed by atoms with van der Waals surface area (Å²) in [5.74, 6) is 2.73. The van der Waals surface area contributed by atoms with Gasteiger partial charge in [0.15, 0.2) is 0 Å². The number of phenolic OH excluding ortho intramolecular Hbond substituents is 1. The van der Waals surface area contributed by atoms with Gasteiger partial charge in [-0.05, 0) is 85.4 Å². The maximum absolute atomic E-state index is 9.87. The van der Waals surface area contributed by atoms with E-state index in [9.17, 15) is 10.2 Å². The van der Waals surface area contributed by atoms with E-state index in [1.54, 1.807) is 19.1 Å². The van der Waals surface area contributed by atoms with Crippen LogP contribution in [0.25, 0.3) is 10.8 Å². The molecule has 5 nitrogen and oxygen atoms in total. The van der Waals surface area contributed by atoms with Crippen LogP contribution < -0.4 is 9.47 Å². The summed E-state index contributed by atoms with van der Waals surface area (Å²) in [6.45, 7) is 8.30. The Labute approximate surface area is 196 Å². The molecule has 5 heteroatoms. The third kappa shape index (κ3) is 6.40. The number of phenols is 1. The maximum Gasteiger partial charge on any atom is 0.123 e. The van der Waals surface area contributed by atoms with E-state index in [2.05, 4.69) is 24.0 Å². The first kappa shape index (κ1) is 23.4. The minimum atomic E-state index is -0.543. The average Bonchev–Trinajstić information content (AvgIpc) is 2.80. The van der Waals surface area contributed by atoms with Gasteiger partial charge in [-0.15, -0.1) is 0 Å². The number of ether oxygens (including phenoxy) is 2. The van der Waals surface area contributed by atoms with Gasteiger partial charge in [0.1, 0.15) is 30.5 Å². The van der Waals surface area contributed by atoms with Crippen molar-refractivity contribution >= 4 is 10.8 Å². The number of aliphatic hydroxyl groups excluding tert-OH is 1. The highest BCUT2D eigenvalue weighted by Gasteiger charge is 2.15. The van der Waals surface area contributed by atoms with Gasteiger partial charge in [-0.3, -0.25) is 4.90 Å². The first-order chi connectivity index (χ1) is 16.0. The van der Waals surface area contributed by atoms with E-state index in [1.165, 1.54) is 25.9 Å². The number of piperidine rings is 1. The van der Waals surface area contributed by atoms with Crippen LogP contribution in [0.15, 0.2) is 54.6 Å². The van der Waals surface area contributed by atoms with E-state index in [-0.39, 0.29) is 12.4 Å². The lowest BCUT2D eigenvalue weighted by Gasteiger charge is -2.29. The highest BCUT2D eigenvalue weighted by molar-refractivity contribution is 5.89. The van der Waals surface area contributed by atoms with Crippen molar-refractivity contribution in [1.29, 1.82) is 0 Å². The Kier molecular flexibility index (Phi) is 7.73. The van der Waals surface area contributed by atoms with E-state index in [4.69, 9.17) is 9.47 Å². The largest absolute Gasteiger partial charge is 0.508 e. The van der Waals surface area contributed by atoms with Crippen LogP contribution in [0.3, 0.4) is 0 Å². The predicted molar refractivity (Wildman–Crippen MR) is 132 cm³/mol. The number of hydrogen-bond donors (Lipinski definition) is 2. The Morgan fingerprint density at radius 1 is 1.00 bits per heavy atom. The molecular weight excluding hydrogens is 414 g/mol. The van der Waals surface area contributed by atoms with Crippen LogP contribution in [-0.2, 0) is 6.42 Å². The highest BCUT2D eigenvalue weighted by Crippen LogP contribution is 2.32. The minimum absolute atomic E-state index is 0.235. The molecule has 3 aromatic rings. The molecular formula is C28H35NO4. The lowest BCUT2D eigenvalue weighted by molar-refractivity contribution is 0.122. The van der Waals surface area contributed by atoms with Gasteiger partial charge in [-0.25, -0.2) is 0 Å². The molecule has 0 aliphatic carbocycles. The highest BCUT2D eigenvalue weighted by atomic mass is 16.5. The Morgan fingerprint density at radius 3 is 2.48 bits per heavy atom. The van der Waals surface area contributed by atoms with Crippen molar-refractivity contribution in [3.8, 4) is 17.2 Å². The molecule has 1 aliphatic rings. The molecule has 0 amide bonds. The zero-order chi connectivity index (χ0) is 23.2. The average molecular weight is 450 g/mol. The van der Waals surface area contributed by atoms with Crippen LogP contribution in [0.5, 0.6) is 17.2 Å². The van der Waals surface area contributed by atoms with E-state index in [1.807, 2.05) is 30.3 Å². The fourth-order valence-electron chi connectivity index (χ4n) is 4.38. The third-order valence-electron chi connectivity index (χ3n) is 6.41. The molecule has 0 bridgehead atoms. The fraction of sp³-hybridized carbons (Fsp3) is 0.429. The second-order valence-electron chi connectivity index (χ2n) is 9.30. The Bertz CT molecular complexity index is 1040. The second kappa shape index (κ2) is 10.9. The minimum Gasteiger partial charge on any atom is -0.508 e. The SMILES string of the molecule is CC(O)COc1ccc2cc(O)ccc2c1Cc1ccc(OCCN2CCC(C)CC2)cc1. The van der Waals surface area contributed by atoms with E-state index >= 15 is 0 Å². The summed E-state index contributed by atoms with van der Waals surface area (Å²) < 4.78 is 11.9. The predicted octanol–water partition coefficient (Wildman–Crippen LogP) is 5.01. The molecule has 1 unspecified atom stereocenters. The normalized spacial score (nSPS) is 16.1. The van der Waals surface area contributed by atoms with Gasteiger partial charge in [-0.2, -0.15) is 0 Å². The summed E-state index contributed by atoms with van der Waals surface area (Å²) in [6.07, 6.45) is 2.71. The van der Waals surface area contributed by atoms with Gasteiger partial charge < -0.3 is 19.7 Å². The Balaban J connectivity index is 1.43. The lowest BCUT2D eigenvalue weighted by atomic mass is 9.97. The van der Waals surface area contributed by atoms with Crippen molar-refractivity contribution < 1.29 is 19.7 Å². The molecule has 1 heterocycles. The molecule has 3 aromatic carbocycles. The van der Waals surface area contributed by atoms with Crippen molar-refractivity contribution in [2.45, 2.75) is 39.2 Å². The lowest BCUT2D eigenvalue weighted by Crippen LogP contribution is -2.35. The number of benzene rings is 3. The zero-order valence-corrected chi connectivity index (χ0v) is 19.7. The van der Waals surface area contributed by atoms with Gasteiger partial charge in [0, 0.05) is 18.5 Å². The van der Waals surface area contributed by atoms with Crippen molar-refractivity contribution in [3.05, 3.63) is 65.7 Å². The number of rotatable bonds is 9. The number of hydrogen-bond acceptors (Lipinski definition) is 5. The molecule has 0 saturated carbocycles. The number of likely N-dealkylation sites (tertiary alicyclic amines) is 1. The molecule has 33 heavy (non-hydrogen) atoms. The van der Waals surface area contributed by atoms with Gasteiger partial charge in [0.25, 0.3) is 0 Å². The molecule has 176 valence electrons. The molecule has 0 radical (unpaired) electrons. The summed E-state index contributed by atoms with van der Waals surface area (Å²) in [7, 11) is 0. The summed E-state index contributed by atoms with van der Waals surface area (Å²) in [6, 6.07) is 17.5. The van der Waals surface area contributed by atoms with E-state index in [0.717, 1.165) is 45.9 Å². The second-order valence-corrected chi connectivity index (χ2v) is 9.30. The van der Waals surface area contributed by atoms with Crippen molar-refractivity contribution in [1.82, 2.24) is 4.90 Å². The first-order valence-corrected chi connectivity index (χ1v) is 12.0. The van der Waals surface area contributed by atoms with Crippen molar-refractivity contribution in [2.75, 3.05) is 32.8 Å². The van der Waals surface area contributed by atoms with Crippen LogP contribution in [0.4, 0.5) is 0 Å². The monoisotopic (exact) mass is 449 g/mol. The summed E-state index contributed by atoms with van der Waals surface area (Å²) >= 11 is 0. The molecule has 2 N–H and O–H groups in total. The van der Waals surface area contributed by atoms with Crippen LogP contribution in [-0.4, -0.2) is 54.1 Å². The van der Waals surface area contributed by atoms with Gasteiger partial charge >= 0.3 is 0 Å². The fourth-order valence-corrected chi connectivity index (χ4v) is 4.38. The molecule has 1 atom stereocenters. The topological polar surface area (TPSA) is 62.2 Å². The first-order valence-electron chi connectivity index (χ1n) is 12.0. The van der Waals surface area contributed by atoms with Crippen LogP contribution in [0.2, 0.25) is 0 Å². The van der Waals surface area contributed by atoms with E-state index < -0.39 is 6.10 Å². The molecule has 1 fully saturated rings. The number of fused-ring (bicyclic) bond motifs is 1. The standard InChI is InChI=1S/C28H35NO4/c1-20-11-13-29(14-12-20)15-16-32-25-7-3-22(4-8-25)17-27-26-9-6-24(31)18-23(26)5-10-28(27)33-19-21(2)30/h3-10,18,20-21,30-31H,11-17,19H2,1-2H3.